The zero-order valence-corrected chi connectivity index (χ0v) is 21.2. The summed E-state index contributed by atoms with van der Waals surface area (Å²) in [4.78, 5) is 19.5. The molecule has 0 saturated carbocycles. The summed E-state index contributed by atoms with van der Waals surface area (Å²) in [5.74, 6) is 1.07. The van der Waals surface area contributed by atoms with Crippen LogP contribution in [0.3, 0.4) is 0 Å². The van der Waals surface area contributed by atoms with E-state index in [2.05, 4.69) is 36.2 Å². The molecular formula is C31H40N2O2. The number of hydrogen-bond donors (Lipinski definition) is 0. The number of pyridine rings is 1. The van der Waals surface area contributed by atoms with Gasteiger partial charge in [0.15, 0.2) is 0 Å². The molecule has 1 aromatic heterocycles. The highest BCUT2D eigenvalue weighted by Crippen LogP contribution is 2.17. The highest BCUT2D eigenvalue weighted by molar-refractivity contribution is 5.76. The fourth-order valence-electron chi connectivity index (χ4n) is 4.13. The third-order valence-electron chi connectivity index (χ3n) is 6.26. The topological polar surface area (TPSA) is 42.4 Å². The quantitative estimate of drug-likeness (QED) is 0.204. The molecule has 0 N–H and O–H groups in total. The molecular weight excluding hydrogens is 432 g/mol. The van der Waals surface area contributed by atoms with Crippen molar-refractivity contribution in [3.8, 4) is 5.75 Å². The van der Waals surface area contributed by atoms with Gasteiger partial charge >= 0.3 is 0 Å². The number of carbonyl (C=O) groups is 1. The zero-order valence-electron chi connectivity index (χ0n) is 21.2. The van der Waals surface area contributed by atoms with Crippen molar-refractivity contribution >= 4 is 5.91 Å². The number of unbranched alkanes of at least 4 members (excludes halogenated alkanes) is 6. The Hall–Kier alpha value is -3.14. The van der Waals surface area contributed by atoms with E-state index in [4.69, 9.17) is 4.74 Å². The minimum Gasteiger partial charge on any atom is -0.489 e. The highest BCUT2D eigenvalue weighted by atomic mass is 16.5. The predicted molar refractivity (Wildman–Crippen MR) is 143 cm³/mol. The molecule has 0 fully saturated rings. The first kappa shape index (κ1) is 26.5. The van der Waals surface area contributed by atoms with E-state index < -0.39 is 0 Å². The van der Waals surface area contributed by atoms with Crippen LogP contribution < -0.4 is 4.74 Å². The Balaban J connectivity index is 1.52. The van der Waals surface area contributed by atoms with Crippen molar-refractivity contribution in [2.24, 2.45) is 0 Å². The minimum atomic E-state index is 0.235. The van der Waals surface area contributed by atoms with Crippen molar-refractivity contribution in [3.05, 3.63) is 95.8 Å². The monoisotopic (exact) mass is 472 g/mol. The summed E-state index contributed by atoms with van der Waals surface area (Å²) in [5, 5.41) is 0. The SMILES string of the molecule is CCCCCCCCCC(=O)N(CCc1ccccn1)Cc1ccc(OCc2ccccc2)cc1. The number of aromatic nitrogens is 1. The van der Waals surface area contributed by atoms with E-state index in [1.165, 1.54) is 32.1 Å². The number of ether oxygens (including phenoxy) is 1. The molecule has 3 aromatic rings. The fraction of sp³-hybridized carbons (Fsp3) is 0.419. The maximum absolute atomic E-state index is 13.1. The van der Waals surface area contributed by atoms with Crippen LogP contribution in [-0.4, -0.2) is 22.3 Å². The van der Waals surface area contributed by atoms with E-state index in [0.29, 0.717) is 26.1 Å². The number of amides is 1. The third kappa shape index (κ3) is 10.3. The lowest BCUT2D eigenvalue weighted by Gasteiger charge is -2.23. The van der Waals surface area contributed by atoms with E-state index in [9.17, 15) is 4.79 Å². The summed E-state index contributed by atoms with van der Waals surface area (Å²) >= 11 is 0. The lowest BCUT2D eigenvalue weighted by molar-refractivity contribution is -0.131. The Morgan fingerprint density at radius 2 is 1.51 bits per heavy atom. The minimum absolute atomic E-state index is 0.235. The molecule has 4 heteroatoms. The van der Waals surface area contributed by atoms with E-state index in [-0.39, 0.29) is 5.91 Å². The highest BCUT2D eigenvalue weighted by Gasteiger charge is 2.14. The Bertz CT molecular complexity index is 958. The van der Waals surface area contributed by atoms with Crippen LogP contribution in [0.5, 0.6) is 5.75 Å². The Kier molecular flexibility index (Phi) is 11.9. The average molecular weight is 473 g/mol. The van der Waals surface area contributed by atoms with Crippen molar-refractivity contribution in [3.63, 3.8) is 0 Å². The third-order valence-corrected chi connectivity index (χ3v) is 6.26. The zero-order chi connectivity index (χ0) is 24.6. The van der Waals surface area contributed by atoms with Gasteiger partial charge < -0.3 is 9.64 Å². The molecule has 0 unspecified atom stereocenters. The summed E-state index contributed by atoms with van der Waals surface area (Å²) in [7, 11) is 0. The van der Waals surface area contributed by atoms with Gasteiger partial charge in [-0.15, -0.1) is 0 Å². The molecule has 0 aliphatic rings. The van der Waals surface area contributed by atoms with Gasteiger partial charge in [0.25, 0.3) is 0 Å². The Morgan fingerprint density at radius 1 is 0.800 bits per heavy atom. The van der Waals surface area contributed by atoms with Gasteiger partial charge in [-0.2, -0.15) is 0 Å². The first-order valence-electron chi connectivity index (χ1n) is 13.2. The molecule has 0 aliphatic carbocycles. The lowest BCUT2D eigenvalue weighted by atomic mass is 10.1. The molecule has 0 aliphatic heterocycles. The van der Waals surface area contributed by atoms with Gasteiger partial charge in [0.2, 0.25) is 5.91 Å². The van der Waals surface area contributed by atoms with E-state index >= 15 is 0 Å². The molecule has 0 spiro atoms. The van der Waals surface area contributed by atoms with Gasteiger partial charge in [0, 0.05) is 37.8 Å². The first-order chi connectivity index (χ1) is 17.2. The molecule has 1 heterocycles. The summed E-state index contributed by atoms with van der Waals surface area (Å²) in [6, 6.07) is 24.2. The average Bonchev–Trinajstić information content (AvgIpc) is 2.91. The molecule has 2 aromatic carbocycles. The van der Waals surface area contributed by atoms with Gasteiger partial charge in [-0.3, -0.25) is 9.78 Å². The molecule has 35 heavy (non-hydrogen) atoms. The fourth-order valence-corrected chi connectivity index (χ4v) is 4.13. The molecule has 1 amide bonds. The van der Waals surface area contributed by atoms with Crippen molar-refractivity contribution < 1.29 is 9.53 Å². The van der Waals surface area contributed by atoms with Crippen LogP contribution in [0.4, 0.5) is 0 Å². The number of rotatable bonds is 16. The van der Waals surface area contributed by atoms with E-state index in [1.54, 1.807) is 0 Å². The summed E-state index contributed by atoms with van der Waals surface area (Å²) in [6.07, 6.45) is 11.7. The second kappa shape index (κ2) is 15.7. The molecule has 0 saturated heterocycles. The molecule has 4 nitrogen and oxygen atoms in total. The second-order valence-corrected chi connectivity index (χ2v) is 9.18. The smallest absolute Gasteiger partial charge is 0.222 e. The number of hydrogen-bond acceptors (Lipinski definition) is 3. The molecule has 0 atom stereocenters. The summed E-state index contributed by atoms with van der Waals surface area (Å²) in [5.41, 5.74) is 3.28. The molecule has 3 rings (SSSR count). The van der Waals surface area contributed by atoms with Crippen LogP contribution in [0.15, 0.2) is 79.0 Å². The van der Waals surface area contributed by atoms with Gasteiger partial charge in [0.1, 0.15) is 12.4 Å². The summed E-state index contributed by atoms with van der Waals surface area (Å²) < 4.78 is 5.92. The van der Waals surface area contributed by atoms with Gasteiger partial charge in [-0.1, -0.05) is 94.0 Å². The van der Waals surface area contributed by atoms with Gasteiger partial charge in [0.05, 0.1) is 0 Å². The Labute approximate surface area is 211 Å². The van der Waals surface area contributed by atoms with Crippen molar-refractivity contribution in [2.75, 3.05) is 6.54 Å². The maximum Gasteiger partial charge on any atom is 0.222 e. The van der Waals surface area contributed by atoms with Crippen LogP contribution in [0.2, 0.25) is 0 Å². The van der Waals surface area contributed by atoms with Crippen LogP contribution in [-0.2, 0) is 24.4 Å². The Morgan fingerprint density at radius 3 is 2.23 bits per heavy atom. The van der Waals surface area contributed by atoms with Crippen LogP contribution in [0.25, 0.3) is 0 Å². The molecule has 0 bridgehead atoms. The molecule has 0 radical (unpaired) electrons. The lowest BCUT2D eigenvalue weighted by Crippen LogP contribution is -2.32. The van der Waals surface area contributed by atoms with Crippen molar-refractivity contribution in [2.45, 2.75) is 77.9 Å². The van der Waals surface area contributed by atoms with Gasteiger partial charge in [-0.05, 0) is 41.8 Å². The normalized spacial score (nSPS) is 10.8. The van der Waals surface area contributed by atoms with Gasteiger partial charge in [-0.25, -0.2) is 0 Å². The summed E-state index contributed by atoms with van der Waals surface area (Å²) in [6.45, 7) is 4.08. The second-order valence-electron chi connectivity index (χ2n) is 9.18. The van der Waals surface area contributed by atoms with Crippen molar-refractivity contribution in [1.82, 2.24) is 9.88 Å². The largest absolute Gasteiger partial charge is 0.489 e. The van der Waals surface area contributed by atoms with E-state index in [0.717, 1.165) is 41.8 Å². The van der Waals surface area contributed by atoms with Crippen LogP contribution >= 0.6 is 0 Å². The number of nitrogens with zero attached hydrogens (tertiary/aromatic N) is 2. The standard InChI is InChI=1S/C31H40N2O2/c1-2-3-4-5-6-7-11-17-31(34)33(24-22-29-16-12-13-23-32-29)25-27-18-20-30(21-19-27)35-26-28-14-9-8-10-15-28/h8-10,12-16,18-21,23H,2-7,11,17,22,24-26H2,1H3. The maximum atomic E-state index is 13.1. The number of carbonyl (C=O) groups excluding carboxylic acids is 1. The molecule has 186 valence electrons. The van der Waals surface area contributed by atoms with Crippen LogP contribution in [0, 0.1) is 0 Å². The van der Waals surface area contributed by atoms with E-state index in [1.807, 2.05) is 59.6 Å². The number of benzene rings is 2. The van der Waals surface area contributed by atoms with Crippen LogP contribution in [0.1, 0.15) is 75.1 Å². The van der Waals surface area contributed by atoms with Crippen molar-refractivity contribution in [1.29, 1.82) is 0 Å². The predicted octanol–water partition coefficient (Wildman–Crippen LogP) is 7.37. The first-order valence-corrected chi connectivity index (χ1v) is 13.2.